The number of rotatable bonds is 8. The van der Waals surface area contributed by atoms with E-state index in [1.54, 1.807) is 19.0 Å². The molecule has 0 spiro atoms. The Bertz CT molecular complexity index is 893. The number of carbonyl (C=O) groups excluding carboxylic acids is 1. The van der Waals surface area contributed by atoms with E-state index in [0.29, 0.717) is 0 Å². The highest BCUT2D eigenvalue weighted by Gasteiger charge is 2.12. The van der Waals surface area contributed by atoms with Crippen molar-refractivity contribution in [3.8, 4) is 5.75 Å². The normalized spacial score (nSPS) is 12.8. The van der Waals surface area contributed by atoms with E-state index in [-0.39, 0.29) is 5.91 Å². The van der Waals surface area contributed by atoms with E-state index in [0.717, 1.165) is 68.3 Å². The third kappa shape index (κ3) is 5.99. The van der Waals surface area contributed by atoms with Crippen LogP contribution in [0, 0.1) is 0 Å². The monoisotopic (exact) mass is 408 g/mol. The molecule has 0 bridgehead atoms. The van der Waals surface area contributed by atoms with Gasteiger partial charge in [-0.05, 0) is 54.7 Å². The molecule has 1 aliphatic heterocycles. The van der Waals surface area contributed by atoms with Gasteiger partial charge in [0.05, 0.1) is 6.61 Å². The molecule has 160 valence electrons. The Balaban J connectivity index is 1.50. The number of fused-ring (bicyclic) bond motifs is 1. The van der Waals surface area contributed by atoms with Crippen LogP contribution in [0.15, 0.2) is 47.5 Å². The summed E-state index contributed by atoms with van der Waals surface area (Å²) in [6.07, 6.45) is 2.72. The third-order valence-electron chi connectivity index (χ3n) is 5.05. The SMILES string of the molecule is CCNC(=NCCc1ccc2c(c1)CCO2)NCCc1cccc(C(=O)N(C)C)c1. The fourth-order valence-corrected chi connectivity index (χ4v) is 3.48. The molecule has 0 atom stereocenters. The molecule has 1 heterocycles. The van der Waals surface area contributed by atoms with Gasteiger partial charge in [0.1, 0.15) is 5.75 Å². The highest BCUT2D eigenvalue weighted by Crippen LogP contribution is 2.25. The minimum Gasteiger partial charge on any atom is -0.493 e. The lowest BCUT2D eigenvalue weighted by atomic mass is 10.1. The average molecular weight is 409 g/mol. The van der Waals surface area contributed by atoms with E-state index in [1.807, 2.05) is 18.2 Å². The van der Waals surface area contributed by atoms with Gasteiger partial charge in [0.15, 0.2) is 5.96 Å². The fraction of sp³-hybridized carbons (Fsp3) is 0.417. The molecule has 6 nitrogen and oxygen atoms in total. The Labute approximate surface area is 179 Å². The average Bonchev–Trinajstić information content (AvgIpc) is 3.21. The molecule has 0 saturated heterocycles. The van der Waals surface area contributed by atoms with Gasteiger partial charge in [-0.25, -0.2) is 0 Å². The molecule has 0 saturated carbocycles. The van der Waals surface area contributed by atoms with Gasteiger partial charge in [0.2, 0.25) is 0 Å². The number of hydrogen-bond donors (Lipinski definition) is 2. The van der Waals surface area contributed by atoms with Crippen molar-refractivity contribution in [3.63, 3.8) is 0 Å². The second-order valence-electron chi connectivity index (χ2n) is 7.63. The Morgan fingerprint density at radius 1 is 1.10 bits per heavy atom. The zero-order valence-electron chi connectivity index (χ0n) is 18.2. The summed E-state index contributed by atoms with van der Waals surface area (Å²) < 4.78 is 5.57. The van der Waals surface area contributed by atoms with Crippen LogP contribution in [0.1, 0.15) is 34.0 Å². The van der Waals surface area contributed by atoms with Crippen LogP contribution in [0.2, 0.25) is 0 Å². The van der Waals surface area contributed by atoms with Gasteiger partial charge in [0.25, 0.3) is 5.91 Å². The zero-order chi connectivity index (χ0) is 21.3. The zero-order valence-corrected chi connectivity index (χ0v) is 18.2. The molecule has 0 radical (unpaired) electrons. The first-order valence-corrected chi connectivity index (χ1v) is 10.6. The third-order valence-corrected chi connectivity index (χ3v) is 5.05. The van der Waals surface area contributed by atoms with Gasteiger partial charge in [-0.3, -0.25) is 9.79 Å². The lowest BCUT2D eigenvalue weighted by Gasteiger charge is -2.13. The second kappa shape index (κ2) is 10.7. The Morgan fingerprint density at radius 2 is 1.93 bits per heavy atom. The van der Waals surface area contributed by atoms with Crippen molar-refractivity contribution < 1.29 is 9.53 Å². The molecule has 0 aliphatic carbocycles. The summed E-state index contributed by atoms with van der Waals surface area (Å²) in [6.45, 7) is 5.14. The van der Waals surface area contributed by atoms with Crippen LogP contribution in [0.3, 0.4) is 0 Å². The highest BCUT2D eigenvalue weighted by molar-refractivity contribution is 5.94. The van der Waals surface area contributed by atoms with Crippen molar-refractivity contribution in [2.24, 2.45) is 4.99 Å². The Morgan fingerprint density at radius 3 is 2.73 bits per heavy atom. The van der Waals surface area contributed by atoms with Crippen LogP contribution in [0.4, 0.5) is 0 Å². The van der Waals surface area contributed by atoms with Gasteiger partial charge in [-0.1, -0.05) is 24.3 Å². The second-order valence-corrected chi connectivity index (χ2v) is 7.63. The molecule has 0 unspecified atom stereocenters. The largest absolute Gasteiger partial charge is 0.493 e. The molecular weight excluding hydrogens is 376 g/mol. The topological polar surface area (TPSA) is 66.0 Å². The number of nitrogens with one attached hydrogen (secondary N) is 2. The van der Waals surface area contributed by atoms with E-state index in [9.17, 15) is 4.79 Å². The summed E-state index contributed by atoms with van der Waals surface area (Å²) in [5.74, 6) is 1.87. The van der Waals surface area contributed by atoms with E-state index >= 15 is 0 Å². The van der Waals surface area contributed by atoms with Crippen LogP contribution in [-0.4, -0.2) is 57.1 Å². The van der Waals surface area contributed by atoms with Crippen molar-refractivity contribution >= 4 is 11.9 Å². The van der Waals surface area contributed by atoms with E-state index < -0.39 is 0 Å². The first-order chi connectivity index (χ1) is 14.6. The lowest BCUT2D eigenvalue weighted by molar-refractivity contribution is 0.0827. The van der Waals surface area contributed by atoms with Crippen molar-refractivity contribution in [1.29, 1.82) is 0 Å². The van der Waals surface area contributed by atoms with Crippen LogP contribution in [-0.2, 0) is 19.3 Å². The fourth-order valence-electron chi connectivity index (χ4n) is 3.48. The minimum absolute atomic E-state index is 0.0258. The number of nitrogens with zero attached hydrogens (tertiary/aromatic N) is 2. The molecule has 6 heteroatoms. The van der Waals surface area contributed by atoms with Gasteiger partial charge in [0, 0.05) is 45.7 Å². The van der Waals surface area contributed by atoms with Gasteiger partial charge in [-0.15, -0.1) is 0 Å². The van der Waals surface area contributed by atoms with Gasteiger partial charge >= 0.3 is 0 Å². The van der Waals surface area contributed by atoms with Crippen LogP contribution in [0.25, 0.3) is 0 Å². The summed E-state index contributed by atoms with van der Waals surface area (Å²) in [4.78, 5) is 18.4. The molecule has 0 fully saturated rings. The summed E-state index contributed by atoms with van der Waals surface area (Å²) in [5, 5.41) is 6.69. The number of hydrogen-bond acceptors (Lipinski definition) is 3. The van der Waals surface area contributed by atoms with E-state index in [2.05, 4.69) is 41.8 Å². The highest BCUT2D eigenvalue weighted by atomic mass is 16.5. The number of ether oxygens (including phenoxy) is 1. The Kier molecular flexibility index (Phi) is 7.71. The van der Waals surface area contributed by atoms with Crippen molar-refractivity contribution in [2.45, 2.75) is 26.2 Å². The number of benzene rings is 2. The molecule has 1 amide bonds. The predicted octanol–water partition coefficient (Wildman–Crippen LogP) is 2.66. The summed E-state index contributed by atoms with van der Waals surface area (Å²) >= 11 is 0. The molecule has 3 rings (SSSR count). The molecule has 30 heavy (non-hydrogen) atoms. The quantitative estimate of drug-likeness (QED) is 0.521. The predicted molar refractivity (Wildman–Crippen MR) is 121 cm³/mol. The molecule has 2 aromatic rings. The smallest absolute Gasteiger partial charge is 0.253 e. The van der Waals surface area contributed by atoms with Crippen LogP contribution >= 0.6 is 0 Å². The van der Waals surface area contributed by atoms with Crippen molar-refractivity contribution in [1.82, 2.24) is 15.5 Å². The molecule has 2 aromatic carbocycles. The maximum atomic E-state index is 12.1. The van der Waals surface area contributed by atoms with Gasteiger partial charge in [-0.2, -0.15) is 0 Å². The van der Waals surface area contributed by atoms with Crippen LogP contribution < -0.4 is 15.4 Å². The lowest BCUT2D eigenvalue weighted by Crippen LogP contribution is -2.38. The summed E-state index contributed by atoms with van der Waals surface area (Å²) in [5.41, 5.74) is 4.45. The van der Waals surface area contributed by atoms with Crippen molar-refractivity contribution in [3.05, 3.63) is 64.7 Å². The van der Waals surface area contributed by atoms with Crippen LogP contribution in [0.5, 0.6) is 5.75 Å². The number of amides is 1. The first-order valence-electron chi connectivity index (χ1n) is 10.6. The first kappa shape index (κ1) is 21.7. The Hall–Kier alpha value is -3.02. The number of aliphatic imine (C=N–C) groups is 1. The van der Waals surface area contributed by atoms with E-state index in [4.69, 9.17) is 9.73 Å². The summed E-state index contributed by atoms with van der Waals surface area (Å²) in [7, 11) is 3.54. The van der Waals surface area contributed by atoms with E-state index in [1.165, 1.54) is 11.1 Å². The van der Waals surface area contributed by atoms with Gasteiger partial charge < -0.3 is 20.3 Å². The number of guanidine groups is 1. The summed E-state index contributed by atoms with van der Waals surface area (Å²) in [6, 6.07) is 14.2. The maximum Gasteiger partial charge on any atom is 0.253 e. The number of carbonyl (C=O) groups is 1. The standard InChI is InChI=1S/C24H32N4O2/c1-4-25-24(27-14-11-19-8-9-22-20(16-19)12-15-30-22)26-13-10-18-6-5-7-21(17-18)23(29)28(2)3/h5-9,16-17H,4,10-15H2,1-3H3,(H2,25,26,27). The molecule has 0 aromatic heterocycles. The maximum absolute atomic E-state index is 12.1. The molecule has 1 aliphatic rings. The van der Waals surface area contributed by atoms with Crippen molar-refractivity contribution in [2.75, 3.05) is 40.3 Å². The molecular formula is C24H32N4O2. The minimum atomic E-state index is 0.0258. The molecule has 2 N–H and O–H groups in total.